The van der Waals surface area contributed by atoms with Gasteiger partial charge >= 0.3 is 5.97 Å². The molecule has 1 unspecified atom stereocenters. The summed E-state index contributed by atoms with van der Waals surface area (Å²) in [6, 6.07) is 6.64. The lowest BCUT2D eigenvalue weighted by molar-refractivity contribution is 0.0520. The lowest BCUT2D eigenvalue weighted by Gasteiger charge is -2.20. The van der Waals surface area contributed by atoms with Crippen LogP contribution in [0.4, 0.5) is 5.69 Å². The van der Waals surface area contributed by atoms with Crippen molar-refractivity contribution in [2.45, 2.75) is 33.7 Å². The fraction of sp³-hybridized carbons (Fsp3) is 0.474. The number of ether oxygens (including phenoxy) is 1. The van der Waals surface area contributed by atoms with Crippen LogP contribution in [-0.2, 0) is 11.3 Å². The van der Waals surface area contributed by atoms with Gasteiger partial charge in [-0.2, -0.15) is 0 Å². The Morgan fingerprint density at radius 1 is 1.42 bits per heavy atom. The highest BCUT2D eigenvalue weighted by Crippen LogP contribution is 2.25. The first-order valence-electron chi connectivity index (χ1n) is 8.60. The third-order valence-electron chi connectivity index (χ3n) is 4.59. The number of nitrogens with zero attached hydrogens (tertiary/aromatic N) is 3. The predicted octanol–water partition coefficient (Wildman–Crippen LogP) is 3.26. The van der Waals surface area contributed by atoms with Gasteiger partial charge in [0.15, 0.2) is 5.69 Å². The first-order valence-corrected chi connectivity index (χ1v) is 8.60. The molecule has 128 valence electrons. The number of anilines is 1. The van der Waals surface area contributed by atoms with Gasteiger partial charge in [0.25, 0.3) is 0 Å². The summed E-state index contributed by atoms with van der Waals surface area (Å²) >= 11 is 0. The van der Waals surface area contributed by atoms with Crippen LogP contribution in [0.1, 0.15) is 41.9 Å². The van der Waals surface area contributed by atoms with E-state index in [4.69, 9.17) is 4.74 Å². The zero-order chi connectivity index (χ0) is 17.1. The fourth-order valence-electron chi connectivity index (χ4n) is 3.18. The van der Waals surface area contributed by atoms with Gasteiger partial charge < -0.3 is 14.2 Å². The van der Waals surface area contributed by atoms with E-state index in [-0.39, 0.29) is 5.97 Å². The van der Waals surface area contributed by atoms with Gasteiger partial charge in [-0.25, -0.2) is 9.78 Å². The highest BCUT2D eigenvalue weighted by molar-refractivity contribution is 5.86. The number of hydrogen-bond donors (Lipinski definition) is 0. The highest BCUT2D eigenvalue weighted by Gasteiger charge is 2.19. The van der Waals surface area contributed by atoms with Crippen molar-refractivity contribution in [1.82, 2.24) is 9.55 Å². The fourth-order valence-corrected chi connectivity index (χ4v) is 3.18. The standard InChI is InChI=1S/C19H25N3O2/c1-4-24-19(23)18-12-21(13-20-18)11-16-5-6-17(9-15(16)3)22-8-7-14(2)10-22/h5-6,9,12-14H,4,7-8,10-11H2,1-3H3. The lowest BCUT2D eigenvalue weighted by Crippen LogP contribution is -2.19. The second kappa shape index (κ2) is 7.07. The Labute approximate surface area is 143 Å². The molecule has 2 heterocycles. The SMILES string of the molecule is CCOC(=O)c1cn(Cc2ccc(N3CCC(C)C3)cc2C)cn1. The largest absolute Gasteiger partial charge is 0.461 e. The molecule has 1 aliphatic rings. The maximum absolute atomic E-state index is 11.7. The number of rotatable bonds is 5. The first-order chi connectivity index (χ1) is 11.6. The van der Waals surface area contributed by atoms with Gasteiger partial charge in [-0.3, -0.25) is 0 Å². The number of esters is 1. The molecule has 2 aromatic rings. The number of hydrogen-bond acceptors (Lipinski definition) is 4. The van der Waals surface area contributed by atoms with Gasteiger partial charge in [0.2, 0.25) is 0 Å². The molecular weight excluding hydrogens is 302 g/mol. The number of benzene rings is 1. The molecule has 0 N–H and O–H groups in total. The van der Waals surface area contributed by atoms with E-state index in [0.717, 1.165) is 19.0 Å². The smallest absolute Gasteiger partial charge is 0.358 e. The van der Waals surface area contributed by atoms with Crippen molar-refractivity contribution >= 4 is 11.7 Å². The molecule has 0 saturated carbocycles. The summed E-state index contributed by atoms with van der Waals surface area (Å²) in [4.78, 5) is 18.3. The molecule has 1 atom stereocenters. The van der Waals surface area contributed by atoms with Crippen LogP contribution < -0.4 is 4.90 Å². The Bertz CT molecular complexity index is 723. The normalized spacial score (nSPS) is 17.3. The van der Waals surface area contributed by atoms with Crippen molar-refractivity contribution in [2.24, 2.45) is 5.92 Å². The van der Waals surface area contributed by atoms with Crippen LogP contribution in [0.25, 0.3) is 0 Å². The van der Waals surface area contributed by atoms with E-state index < -0.39 is 0 Å². The molecule has 5 heteroatoms. The van der Waals surface area contributed by atoms with Gasteiger partial charge in [0.1, 0.15) is 0 Å². The average molecular weight is 327 g/mol. The van der Waals surface area contributed by atoms with E-state index in [0.29, 0.717) is 18.8 Å². The van der Waals surface area contributed by atoms with Gasteiger partial charge in [-0.15, -0.1) is 0 Å². The summed E-state index contributed by atoms with van der Waals surface area (Å²) in [6.07, 6.45) is 4.70. The maximum Gasteiger partial charge on any atom is 0.358 e. The minimum Gasteiger partial charge on any atom is -0.461 e. The quantitative estimate of drug-likeness (QED) is 0.791. The molecule has 1 saturated heterocycles. The van der Waals surface area contributed by atoms with Crippen LogP contribution in [0.3, 0.4) is 0 Å². The second-order valence-corrected chi connectivity index (χ2v) is 6.60. The van der Waals surface area contributed by atoms with E-state index >= 15 is 0 Å². The second-order valence-electron chi connectivity index (χ2n) is 6.60. The third-order valence-corrected chi connectivity index (χ3v) is 4.59. The minimum atomic E-state index is -0.369. The zero-order valence-corrected chi connectivity index (χ0v) is 14.7. The van der Waals surface area contributed by atoms with Crippen molar-refractivity contribution in [3.05, 3.63) is 47.5 Å². The van der Waals surface area contributed by atoms with Crippen LogP contribution in [0, 0.1) is 12.8 Å². The van der Waals surface area contributed by atoms with Crippen LogP contribution in [0.5, 0.6) is 0 Å². The third kappa shape index (κ3) is 3.61. The van der Waals surface area contributed by atoms with Crippen LogP contribution in [0.15, 0.2) is 30.7 Å². The van der Waals surface area contributed by atoms with Gasteiger partial charge in [0, 0.05) is 31.5 Å². The molecule has 3 rings (SSSR count). The number of carbonyl (C=O) groups is 1. The summed E-state index contributed by atoms with van der Waals surface area (Å²) in [5, 5.41) is 0. The monoisotopic (exact) mass is 327 g/mol. The molecular formula is C19H25N3O2. The summed E-state index contributed by atoms with van der Waals surface area (Å²) in [5.41, 5.74) is 4.16. The number of aromatic nitrogens is 2. The van der Waals surface area contributed by atoms with Crippen molar-refractivity contribution in [3.8, 4) is 0 Å². The number of aryl methyl sites for hydroxylation is 1. The molecule has 0 amide bonds. The highest BCUT2D eigenvalue weighted by atomic mass is 16.5. The Kier molecular flexibility index (Phi) is 4.88. The van der Waals surface area contributed by atoms with Crippen molar-refractivity contribution in [2.75, 3.05) is 24.6 Å². The molecule has 5 nitrogen and oxygen atoms in total. The molecule has 1 aromatic carbocycles. The first kappa shape index (κ1) is 16.6. The molecule has 24 heavy (non-hydrogen) atoms. The van der Waals surface area contributed by atoms with Crippen molar-refractivity contribution in [3.63, 3.8) is 0 Å². The maximum atomic E-state index is 11.7. The average Bonchev–Trinajstić information content (AvgIpc) is 3.19. The summed E-state index contributed by atoms with van der Waals surface area (Å²) in [6.45, 7) is 9.59. The summed E-state index contributed by atoms with van der Waals surface area (Å²) in [7, 11) is 0. The van der Waals surface area contributed by atoms with Crippen molar-refractivity contribution < 1.29 is 9.53 Å². The molecule has 1 aliphatic heterocycles. The predicted molar refractivity (Wildman–Crippen MR) is 94.5 cm³/mol. The van der Waals surface area contributed by atoms with Gasteiger partial charge in [-0.05, 0) is 49.4 Å². The van der Waals surface area contributed by atoms with Crippen LogP contribution in [-0.4, -0.2) is 35.2 Å². The van der Waals surface area contributed by atoms with E-state index in [1.54, 1.807) is 19.4 Å². The summed E-state index contributed by atoms with van der Waals surface area (Å²) < 4.78 is 6.90. The van der Waals surface area contributed by atoms with E-state index in [2.05, 4.69) is 41.9 Å². The minimum absolute atomic E-state index is 0.358. The van der Waals surface area contributed by atoms with Gasteiger partial charge in [-0.1, -0.05) is 13.0 Å². The number of imidazole rings is 1. The summed E-state index contributed by atoms with van der Waals surface area (Å²) in [5.74, 6) is 0.406. The molecule has 0 bridgehead atoms. The molecule has 1 fully saturated rings. The Morgan fingerprint density at radius 3 is 2.92 bits per heavy atom. The van der Waals surface area contributed by atoms with Crippen LogP contribution in [0.2, 0.25) is 0 Å². The Balaban J connectivity index is 1.70. The molecule has 0 aliphatic carbocycles. The van der Waals surface area contributed by atoms with E-state index in [1.165, 1.54) is 23.2 Å². The molecule has 0 spiro atoms. The zero-order valence-electron chi connectivity index (χ0n) is 14.7. The Morgan fingerprint density at radius 2 is 2.25 bits per heavy atom. The van der Waals surface area contributed by atoms with Crippen molar-refractivity contribution in [1.29, 1.82) is 0 Å². The lowest BCUT2D eigenvalue weighted by atomic mass is 10.1. The van der Waals surface area contributed by atoms with Crippen LogP contribution >= 0.6 is 0 Å². The molecule has 0 radical (unpaired) electrons. The van der Waals surface area contributed by atoms with Gasteiger partial charge in [0.05, 0.1) is 12.9 Å². The van der Waals surface area contributed by atoms with E-state index in [1.807, 2.05) is 4.57 Å². The molecule has 1 aromatic heterocycles. The number of carbonyl (C=O) groups excluding carboxylic acids is 1. The Hall–Kier alpha value is -2.30. The van der Waals surface area contributed by atoms with E-state index in [9.17, 15) is 4.79 Å². The topological polar surface area (TPSA) is 47.4 Å².